The van der Waals surface area contributed by atoms with Crippen LogP contribution >= 0.6 is 38.9 Å². The first-order valence-electron chi connectivity index (χ1n) is 6.87. The van der Waals surface area contributed by atoms with E-state index in [4.69, 9.17) is 11.6 Å². The molecule has 0 radical (unpaired) electrons. The Morgan fingerprint density at radius 1 is 1.25 bits per heavy atom. The van der Waals surface area contributed by atoms with Crippen LogP contribution in [0.5, 0.6) is 0 Å². The van der Waals surface area contributed by atoms with Gasteiger partial charge in [0.1, 0.15) is 0 Å². The Balaban J connectivity index is 1.92. The van der Waals surface area contributed by atoms with Crippen LogP contribution in [0, 0.1) is 6.92 Å². The average Bonchev–Trinajstić information content (AvgIpc) is 2.79. The van der Waals surface area contributed by atoms with Crippen molar-refractivity contribution in [2.24, 2.45) is 0 Å². The van der Waals surface area contributed by atoms with E-state index >= 15 is 0 Å². The molecule has 4 heteroatoms. The quantitative estimate of drug-likeness (QED) is 0.753. The third-order valence-electron chi connectivity index (χ3n) is 4.02. The van der Waals surface area contributed by atoms with Gasteiger partial charge in [0.15, 0.2) is 0 Å². The van der Waals surface area contributed by atoms with Gasteiger partial charge in [-0.2, -0.15) is 0 Å². The molecule has 2 atom stereocenters. The molecule has 1 nitrogen and oxygen atoms in total. The molecule has 106 valence electrons. The molecule has 1 N–H and O–H groups in total. The third kappa shape index (κ3) is 2.96. The maximum absolute atomic E-state index is 6.01. The minimum atomic E-state index is 0.533. The number of thiophene rings is 1. The third-order valence-corrected chi connectivity index (χ3v) is 6.54. The second-order valence-corrected chi connectivity index (χ2v) is 7.89. The van der Waals surface area contributed by atoms with Crippen LogP contribution in [0.1, 0.15) is 33.6 Å². The fourth-order valence-corrected chi connectivity index (χ4v) is 4.81. The second-order valence-electron chi connectivity index (χ2n) is 5.31. The molecule has 1 saturated heterocycles. The monoisotopic (exact) mass is 369 g/mol. The van der Waals surface area contributed by atoms with Crippen LogP contribution in [-0.2, 0) is 0 Å². The second kappa shape index (κ2) is 6.18. The predicted octanol–water partition coefficient (Wildman–Crippen LogP) is 5.33. The van der Waals surface area contributed by atoms with Crippen LogP contribution in [0.15, 0.2) is 34.8 Å². The molecule has 1 aromatic heterocycles. The van der Waals surface area contributed by atoms with Crippen molar-refractivity contribution in [2.75, 3.05) is 13.1 Å². The van der Waals surface area contributed by atoms with Crippen LogP contribution < -0.4 is 5.32 Å². The summed E-state index contributed by atoms with van der Waals surface area (Å²) in [5.41, 5.74) is 1.38. The van der Waals surface area contributed by atoms with E-state index < -0.39 is 0 Å². The number of aryl methyl sites for hydroxylation is 1. The lowest BCUT2D eigenvalue weighted by molar-refractivity contribution is 0.408. The minimum Gasteiger partial charge on any atom is -0.316 e. The van der Waals surface area contributed by atoms with Gasteiger partial charge < -0.3 is 5.32 Å². The number of piperidine rings is 1. The Kier molecular flexibility index (Phi) is 4.51. The highest BCUT2D eigenvalue weighted by Gasteiger charge is 2.29. The smallest absolute Gasteiger partial charge is 0.0406 e. The van der Waals surface area contributed by atoms with Crippen LogP contribution in [0.2, 0.25) is 5.02 Å². The summed E-state index contributed by atoms with van der Waals surface area (Å²) in [5.74, 6) is 1.14. The molecular formula is C16H17BrClNS. The Morgan fingerprint density at radius 2 is 2.00 bits per heavy atom. The van der Waals surface area contributed by atoms with Crippen LogP contribution in [0.3, 0.4) is 0 Å². The highest BCUT2D eigenvalue weighted by Crippen LogP contribution is 2.42. The van der Waals surface area contributed by atoms with Gasteiger partial charge in [-0.05, 0) is 59.6 Å². The Hall–Kier alpha value is -0.350. The number of nitrogens with one attached hydrogen (secondary N) is 1. The summed E-state index contributed by atoms with van der Waals surface area (Å²) >= 11 is 11.6. The molecule has 1 fully saturated rings. The highest BCUT2D eigenvalue weighted by atomic mass is 79.9. The van der Waals surface area contributed by atoms with Crippen molar-refractivity contribution in [3.05, 3.63) is 55.1 Å². The van der Waals surface area contributed by atoms with Gasteiger partial charge in [0, 0.05) is 37.6 Å². The molecule has 1 aromatic carbocycles. The molecule has 0 bridgehead atoms. The Labute approximate surface area is 137 Å². The first-order valence-corrected chi connectivity index (χ1v) is 8.86. The highest BCUT2D eigenvalue weighted by molar-refractivity contribution is 9.10. The Bertz CT molecular complexity index is 574. The van der Waals surface area contributed by atoms with Crippen molar-refractivity contribution in [1.82, 2.24) is 5.32 Å². The van der Waals surface area contributed by atoms with Crippen molar-refractivity contribution in [3.63, 3.8) is 0 Å². The van der Waals surface area contributed by atoms with Crippen LogP contribution in [-0.4, -0.2) is 13.1 Å². The molecule has 0 spiro atoms. The summed E-state index contributed by atoms with van der Waals surface area (Å²) in [6.45, 7) is 4.32. The molecule has 2 unspecified atom stereocenters. The van der Waals surface area contributed by atoms with Crippen molar-refractivity contribution >= 4 is 38.9 Å². The molecule has 3 rings (SSSR count). The lowest BCUT2D eigenvalue weighted by Gasteiger charge is -2.32. The fourth-order valence-electron chi connectivity index (χ4n) is 2.92. The molecule has 2 aromatic rings. The van der Waals surface area contributed by atoms with Gasteiger partial charge in [0.25, 0.3) is 0 Å². The number of rotatable bonds is 2. The lowest BCUT2D eigenvalue weighted by Crippen LogP contribution is -2.33. The van der Waals surface area contributed by atoms with E-state index in [9.17, 15) is 0 Å². The lowest BCUT2D eigenvalue weighted by atomic mass is 9.80. The van der Waals surface area contributed by atoms with E-state index in [1.807, 2.05) is 23.5 Å². The van der Waals surface area contributed by atoms with Crippen molar-refractivity contribution in [2.45, 2.75) is 25.2 Å². The van der Waals surface area contributed by atoms with Gasteiger partial charge in [-0.1, -0.05) is 23.7 Å². The standard InChI is InChI=1S/C16H17BrClNS/c1-10-15(17)8-16(20-10)13-6-7-19-9-14(13)11-2-4-12(18)5-3-11/h2-5,8,13-14,19H,6-7,9H2,1H3. The molecule has 2 heterocycles. The summed E-state index contributed by atoms with van der Waals surface area (Å²) in [7, 11) is 0. The van der Waals surface area contributed by atoms with Gasteiger partial charge in [-0.25, -0.2) is 0 Å². The van der Waals surface area contributed by atoms with Crippen LogP contribution in [0.4, 0.5) is 0 Å². The largest absolute Gasteiger partial charge is 0.316 e. The number of hydrogen-bond donors (Lipinski definition) is 1. The maximum Gasteiger partial charge on any atom is 0.0406 e. The van der Waals surface area contributed by atoms with E-state index in [0.717, 1.165) is 18.1 Å². The van der Waals surface area contributed by atoms with Crippen LogP contribution in [0.25, 0.3) is 0 Å². The van der Waals surface area contributed by atoms with E-state index in [1.54, 1.807) is 0 Å². The van der Waals surface area contributed by atoms with Gasteiger partial charge in [0.2, 0.25) is 0 Å². The number of hydrogen-bond acceptors (Lipinski definition) is 2. The molecular weight excluding hydrogens is 354 g/mol. The predicted molar refractivity (Wildman–Crippen MR) is 91.2 cm³/mol. The normalized spacial score (nSPS) is 22.9. The molecule has 0 aliphatic carbocycles. The van der Waals surface area contributed by atoms with Crippen molar-refractivity contribution in [3.8, 4) is 0 Å². The van der Waals surface area contributed by atoms with Gasteiger partial charge in [-0.3, -0.25) is 0 Å². The van der Waals surface area contributed by atoms with Gasteiger partial charge in [-0.15, -0.1) is 11.3 Å². The first kappa shape index (κ1) is 14.6. The zero-order chi connectivity index (χ0) is 14.1. The zero-order valence-electron chi connectivity index (χ0n) is 11.3. The summed E-state index contributed by atoms with van der Waals surface area (Å²) in [5, 5.41) is 4.34. The summed E-state index contributed by atoms with van der Waals surface area (Å²) in [4.78, 5) is 2.87. The molecule has 1 aliphatic rings. The van der Waals surface area contributed by atoms with Crippen molar-refractivity contribution in [1.29, 1.82) is 0 Å². The van der Waals surface area contributed by atoms with E-state index in [1.165, 1.54) is 26.2 Å². The zero-order valence-corrected chi connectivity index (χ0v) is 14.5. The maximum atomic E-state index is 6.01. The summed E-state index contributed by atoms with van der Waals surface area (Å²) in [6.07, 6.45) is 1.19. The average molecular weight is 371 g/mol. The summed E-state index contributed by atoms with van der Waals surface area (Å²) in [6, 6.07) is 10.6. The molecule has 1 aliphatic heterocycles. The topological polar surface area (TPSA) is 12.0 Å². The molecule has 0 amide bonds. The molecule has 0 saturated carbocycles. The number of halogens is 2. The fraction of sp³-hybridized carbons (Fsp3) is 0.375. The molecule has 20 heavy (non-hydrogen) atoms. The van der Waals surface area contributed by atoms with Crippen molar-refractivity contribution < 1.29 is 0 Å². The van der Waals surface area contributed by atoms with E-state index in [-0.39, 0.29) is 0 Å². The SMILES string of the molecule is Cc1sc(C2CCNCC2c2ccc(Cl)cc2)cc1Br. The van der Waals surface area contributed by atoms with E-state index in [0.29, 0.717) is 11.8 Å². The minimum absolute atomic E-state index is 0.533. The van der Waals surface area contributed by atoms with Gasteiger partial charge in [0.05, 0.1) is 0 Å². The number of benzene rings is 1. The van der Waals surface area contributed by atoms with E-state index in [2.05, 4.69) is 46.4 Å². The first-order chi connectivity index (χ1) is 9.65. The summed E-state index contributed by atoms with van der Waals surface area (Å²) < 4.78 is 1.24. The van der Waals surface area contributed by atoms with Gasteiger partial charge >= 0.3 is 0 Å². The Morgan fingerprint density at radius 3 is 2.65 bits per heavy atom.